The smallest absolute Gasteiger partial charge is 0.258 e. The first-order valence-electron chi connectivity index (χ1n) is 3.92. The molecule has 0 spiro atoms. The van der Waals surface area contributed by atoms with Crippen LogP contribution >= 0.6 is 33.9 Å². The minimum Gasteiger partial charge on any atom is -0.258 e. The molecule has 0 aliphatic carbocycles. The number of benzene rings is 1. The first-order chi connectivity index (χ1) is 6.61. The Bertz CT molecular complexity index is 521. The SMILES string of the molecule is Cc1c(I)ccc2scc([N+](=O)[O-])c12. The van der Waals surface area contributed by atoms with E-state index in [0.717, 1.165) is 19.2 Å². The Morgan fingerprint density at radius 2 is 2.21 bits per heavy atom. The third-order valence-electron chi connectivity index (χ3n) is 2.11. The topological polar surface area (TPSA) is 43.1 Å². The third kappa shape index (κ3) is 1.40. The van der Waals surface area contributed by atoms with Crippen LogP contribution in [0.2, 0.25) is 0 Å². The van der Waals surface area contributed by atoms with Crippen molar-refractivity contribution < 1.29 is 4.92 Å². The lowest BCUT2D eigenvalue weighted by Gasteiger charge is -1.98. The summed E-state index contributed by atoms with van der Waals surface area (Å²) in [5.41, 5.74) is 1.22. The van der Waals surface area contributed by atoms with Crippen LogP contribution in [0.1, 0.15) is 5.56 Å². The molecule has 2 rings (SSSR count). The fourth-order valence-electron chi connectivity index (χ4n) is 1.39. The van der Waals surface area contributed by atoms with Crippen molar-refractivity contribution >= 4 is 49.7 Å². The van der Waals surface area contributed by atoms with Gasteiger partial charge in [-0.25, -0.2) is 0 Å². The van der Waals surface area contributed by atoms with Gasteiger partial charge < -0.3 is 0 Å². The Kier molecular flexibility index (Phi) is 2.44. The van der Waals surface area contributed by atoms with E-state index >= 15 is 0 Å². The van der Waals surface area contributed by atoms with Gasteiger partial charge in [-0.2, -0.15) is 0 Å². The molecule has 0 saturated heterocycles. The van der Waals surface area contributed by atoms with Gasteiger partial charge in [-0.1, -0.05) is 0 Å². The summed E-state index contributed by atoms with van der Waals surface area (Å²) in [7, 11) is 0. The van der Waals surface area contributed by atoms with E-state index in [-0.39, 0.29) is 10.6 Å². The van der Waals surface area contributed by atoms with Crippen molar-refractivity contribution in [1.29, 1.82) is 0 Å². The maximum absolute atomic E-state index is 10.7. The molecule has 1 aromatic heterocycles. The molecule has 14 heavy (non-hydrogen) atoms. The zero-order valence-corrected chi connectivity index (χ0v) is 10.3. The largest absolute Gasteiger partial charge is 0.288 e. The third-order valence-corrected chi connectivity index (χ3v) is 4.21. The van der Waals surface area contributed by atoms with E-state index in [9.17, 15) is 10.1 Å². The fraction of sp³-hybridized carbons (Fsp3) is 0.111. The Morgan fingerprint density at radius 3 is 2.86 bits per heavy atom. The summed E-state index contributed by atoms with van der Waals surface area (Å²) in [6.45, 7) is 1.92. The Hall–Kier alpha value is -0.690. The van der Waals surface area contributed by atoms with Crippen LogP contribution in [0.3, 0.4) is 0 Å². The van der Waals surface area contributed by atoms with Gasteiger partial charge >= 0.3 is 0 Å². The fourth-order valence-corrected chi connectivity index (χ4v) is 2.80. The van der Waals surface area contributed by atoms with Gasteiger partial charge in [0.2, 0.25) is 0 Å². The highest BCUT2D eigenvalue weighted by atomic mass is 127. The van der Waals surface area contributed by atoms with E-state index in [1.165, 1.54) is 11.3 Å². The molecule has 0 amide bonds. The lowest BCUT2D eigenvalue weighted by molar-refractivity contribution is -0.382. The molecule has 0 aliphatic rings. The first-order valence-corrected chi connectivity index (χ1v) is 5.88. The van der Waals surface area contributed by atoms with E-state index in [2.05, 4.69) is 22.6 Å². The summed E-state index contributed by atoms with van der Waals surface area (Å²) < 4.78 is 2.05. The van der Waals surface area contributed by atoms with Gasteiger partial charge in [0.1, 0.15) is 0 Å². The summed E-state index contributed by atoms with van der Waals surface area (Å²) in [5.74, 6) is 0. The minimum absolute atomic E-state index is 0.223. The number of rotatable bonds is 1. The van der Waals surface area contributed by atoms with E-state index in [0.29, 0.717) is 0 Å². The molecule has 3 nitrogen and oxygen atoms in total. The predicted octanol–water partition coefficient (Wildman–Crippen LogP) is 3.72. The second kappa shape index (κ2) is 3.47. The summed E-state index contributed by atoms with van der Waals surface area (Å²) in [6.07, 6.45) is 0. The lowest BCUT2D eigenvalue weighted by Crippen LogP contribution is -1.88. The molecule has 1 heterocycles. The molecule has 1 aromatic carbocycles. The van der Waals surface area contributed by atoms with Crippen LogP contribution in [-0.2, 0) is 0 Å². The van der Waals surface area contributed by atoms with Gasteiger partial charge in [0.05, 0.1) is 15.7 Å². The van der Waals surface area contributed by atoms with Crippen molar-refractivity contribution in [2.45, 2.75) is 6.92 Å². The quantitative estimate of drug-likeness (QED) is 0.457. The summed E-state index contributed by atoms with van der Waals surface area (Å²) in [6, 6.07) is 3.92. The van der Waals surface area contributed by atoms with E-state index < -0.39 is 0 Å². The molecule has 0 bridgehead atoms. The molecule has 0 N–H and O–H groups in total. The highest BCUT2D eigenvalue weighted by Gasteiger charge is 2.16. The Morgan fingerprint density at radius 1 is 1.50 bits per heavy atom. The Labute approximate surface area is 98.0 Å². The van der Waals surface area contributed by atoms with Crippen LogP contribution in [0, 0.1) is 20.6 Å². The van der Waals surface area contributed by atoms with Crippen molar-refractivity contribution in [3.05, 3.63) is 36.8 Å². The van der Waals surface area contributed by atoms with E-state index in [1.807, 2.05) is 19.1 Å². The van der Waals surface area contributed by atoms with Gasteiger partial charge in [-0.05, 0) is 47.2 Å². The van der Waals surface area contributed by atoms with Gasteiger partial charge in [-0.15, -0.1) is 11.3 Å². The molecule has 0 saturated carbocycles. The van der Waals surface area contributed by atoms with Gasteiger partial charge in [0.25, 0.3) is 5.69 Å². The van der Waals surface area contributed by atoms with Crippen LogP contribution in [0.5, 0.6) is 0 Å². The molecule has 0 atom stereocenters. The van der Waals surface area contributed by atoms with Crippen LogP contribution in [0.15, 0.2) is 17.5 Å². The number of nitro groups is 1. The van der Waals surface area contributed by atoms with E-state index in [1.54, 1.807) is 5.38 Å². The van der Waals surface area contributed by atoms with Crippen molar-refractivity contribution in [1.82, 2.24) is 0 Å². The molecule has 0 fully saturated rings. The van der Waals surface area contributed by atoms with Gasteiger partial charge in [0.15, 0.2) is 0 Å². The van der Waals surface area contributed by atoms with Crippen molar-refractivity contribution in [2.75, 3.05) is 0 Å². The Balaban J connectivity index is 2.89. The lowest BCUT2D eigenvalue weighted by atomic mass is 10.1. The maximum Gasteiger partial charge on any atom is 0.288 e. The molecule has 0 radical (unpaired) electrons. The standard InChI is InChI=1S/C9H6INO2S/c1-5-6(10)2-3-8-9(5)7(4-14-8)11(12)13/h2-4H,1H3. The first kappa shape index (κ1) is 9.85. The second-order valence-electron chi connectivity index (χ2n) is 2.92. The predicted molar refractivity (Wildman–Crippen MR) is 65.9 cm³/mol. The minimum atomic E-state index is -0.318. The highest BCUT2D eigenvalue weighted by Crippen LogP contribution is 2.35. The molecule has 72 valence electrons. The number of halogens is 1. The maximum atomic E-state index is 10.7. The highest BCUT2D eigenvalue weighted by molar-refractivity contribution is 14.1. The molecule has 0 unspecified atom stereocenters. The van der Waals surface area contributed by atoms with Crippen molar-refractivity contribution in [3.63, 3.8) is 0 Å². The normalized spacial score (nSPS) is 10.7. The van der Waals surface area contributed by atoms with Crippen molar-refractivity contribution in [2.24, 2.45) is 0 Å². The van der Waals surface area contributed by atoms with E-state index in [4.69, 9.17) is 0 Å². The number of thiophene rings is 1. The molecule has 5 heteroatoms. The van der Waals surface area contributed by atoms with Gasteiger partial charge in [0, 0.05) is 8.27 Å². The molecular formula is C9H6INO2S. The molecular weight excluding hydrogens is 313 g/mol. The zero-order chi connectivity index (χ0) is 10.3. The van der Waals surface area contributed by atoms with Crippen LogP contribution in [0.25, 0.3) is 10.1 Å². The zero-order valence-electron chi connectivity index (χ0n) is 7.28. The van der Waals surface area contributed by atoms with Crippen LogP contribution in [-0.4, -0.2) is 4.92 Å². The van der Waals surface area contributed by atoms with Crippen LogP contribution < -0.4 is 0 Å². The number of hydrogen-bond acceptors (Lipinski definition) is 3. The number of aryl methyl sites for hydroxylation is 1. The average Bonchev–Trinajstić information content (AvgIpc) is 2.55. The average molecular weight is 319 g/mol. The number of nitrogens with zero attached hydrogens (tertiary/aromatic N) is 1. The summed E-state index contributed by atoms with van der Waals surface area (Å²) in [4.78, 5) is 10.4. The van der Waals surface area contributed by atoms with Crippen molar-refractivity contribution in [3.8, 4) is 0 Å². The molecule has 0 aliphatic heterocycles. The second-order valence-corrected chi connectivity index (χ2v) is 5.00. The number of hydrogen-bond donors (Lipinski definition) is 0. The van der Waals surface area contributed by atoms with Crippen LogP contribution in [0.4, 0.5) is 5.69 Å². The number of fused-ring (bicyclic) bond motifs is 1. The van der Waals surface area contributed by atoms with Gasteiger partial charge in [-0.3, -0.25) is 10.1 Å². The molecule has 2 aromatic rings. The summed E-state index contributed by atoms with van der Waals surface area (Å²) >= 11 is 3.61. The summed E-state index contributed by atoms with van der Waals surface area (Å²) in [5, 5.41) is 13.1. The monoisotopic (exact) mass is 319 g/mol.